The van der Waals surface area contributed by atoms with E-state index in [0.29, 0.717) is 0 Å². The first-order valence-corrected chi connectivity index (χ1v) is 15.4. The lowest BCUT2D eigenvalue weighted by Gasteiger charge is -2.19. The maximum absolute atomic E-state index is 7.49. The van der Waals surface area contributed by atoms with E-state index >= 15 is 0 Å². The number of aryl methyl sites for hydroxylation is 1. The summed E-state index contributed by atoms with van der Waals surface area (Å²) in [5.74, 6) is 0. The summed E-state index contributed by atoms with van der Waals surface area (Å²) in [6, 6.07) is 30.0. The highest BCUT2D eigenvalue weighted by Gasteiger charge is 2.44. The van der Waals surface area contributed by atoms with Gasteiger partial charge in [-0.25, -0.2) is 0 Å². The van der Waals surface area contributed by atoms with E-state index in [9.17, 15) is 0 Å². The van der Waals surface area contributed by atoms with E-state index in [1.807, 2.05) is 12.1 Å². The van der Waals surface area contributed by atoms with E-state index in [2.05, 4.69) is 84.9 Å². The average Bonchev–Trinajstić information content (AvgIpc) is 2.92. The van der Waals surface area contributed by atoms with Crippen LogP contribution < -0.4 is 15.9 Å². The molecule has 0 spiro atoms. The molecule has 0 aliphatic heterocycles. The topological polar surface area (TPSA) is 18.5 Å². The first kappa shape index (κ1) is 27.6. The summed E-state index contributed by atoms with van der Waals surface area (Å²) in [4.78, 5) is 0. The molecule has 3 aromatic rings. The number of rotatable bonds is 15. The fourth-order valence-electron chi connectivity index (χ4n) is 4.32. The van der Waals surface area contributed by atoms with Crippen molar-refractivity contribution in [2.24, 2.45) is 0 Å². The SMILES string of the molecule is COC(CCCCC/C=C/CCCc1ccc([P+](Cl)(c2ccccc2)c2ccccc2)cc1)OC. The van der Waals surface area contributed by atoms with Gasteiger partial charge in [-0.2, -0.15) is 0 Å². The van der Waals surface area contributed by atoms with Crippen molar-refractivity contribution in [3.05, 3.63) is 103 Å². The van der Waals surface area contributed by atoms with Crippen molar-refractivity contribution in [1.82, 2.24) is 0 Å². The molecular formula is C31H39ClO2P+. The summed E-state index contributed by atoms with van der Waals surface area (Å²) in [6.45, 7) is -2.16. The molecule has 186 valence electrons. The minimum absolute atomic E-state index is 0.0565. The molecule has 3 rings (SSSR count). The second kappa shape index (κ2) is 15.2. The minimum atomic E-state index is -2.16. The van der Waals surface area contributed by atoms with Gasteiger partial charge >= 0.3 is 0 Å². The van der Waals surface area contributed by atoms with Crippen LogP contribution in [0.15, 0.2) is 97.1 Å². The number of halogens is 1. The van der Waals surface area contributed by atoms with Crippen LogP contribution in [0, 0.1) is 0 Å². The van der Waals surface area contributed by atoms with E-state index in [1.54, 1.807) is 14.2 Å². The third-order valence-electron chi connectivity index (χ3n) is 6.36. The highest BCUT2D eigenvalue weighted by atomic mass is 35.7. The second-order valence-corrected chi connectivity index (χ2v) is 13.1. The molecule has 0 aliphatic carbocycles. The molecule has 0 saturated carbocycles. The first-order valence-electron chi connectivity index (χ1n) is 12.7. The molecule has 0 fully saturated rings. The van der Waals surface area contributed by atoms with Crippen LogP contribution >= 0.6 is 17.9 Å². The molecule has 0 bridgehead atoms. The first-order chi connectivity index (χ1) is 17.2. The number of benzene rings is 3. The molecule has 0 heterocycles. The summed E-state index contributed by atoms with van der Waals surface area (Å²) < 4.78 is 10.5. The van der Waals surface area contributed by atoms with Crippen molar-refractivity contribution < 1.29 is 9.47 Å². The third-order valence-corrected chi connectivity index (χ3v) is 11.1. The van der Waals surface area contributed by atoms with Gasteiger partial charge in [0.15, 0.2) is 6.29 Å². The molecule has 35 heavy (non-hydrogen) atoms. The Morgan fingerprint density at radius 1 is 0.657 bits per heavy atom. The molecule has 3 aromatic carbocycles. The smallest absolute Gasteiger partial charge is 0.210 e. The molecule has 0 saturated heterocycles. The van der Waals surface area contributed by atoms with Crippen molar-refractivity contribution >= 4 is 33.8 Å². The second-order valence-electron chi connectivity index (χ2n) is 8.83. The summed E-state index contributed by atoms with van der Waals surface area (Å²) in [5.41, 5.74) is 1.37. The zero-order chi connectivity index (χ0) is 24.8. The number of ether oxygens (including phenoxy) is 2. The van der Waals surface area contributed by atoms with Crippen LogP contribution in [0.1, 0.15) is 50.5 Å². The number of hydrogen-bond acceptors (Lipinski definition) is 2. The van der Waals surface area contributed by atoms with E-state index in [0.717, 1.165) is 38.5 Å². The van der Waals surface area contributed by atoms with E-state index in [1.165, 1.54) is 34.3 Å². The summed E-state index contributed by atoms with van der Waals surface area (Å²) in [6.07, 6.45) is 13.7. The molecule has 0 N–H and O–H groups in total. The van der Waals surface area contributed by atoms with Crippen molar-refractivity contribution in [1.29, 1.82) is 0 Å². The Balaban J connectivity index is 1.48. The Morgan fingerprint density at radius 2 is 1.17 bits per heavy atom. The lowest BCUT2D eigenvalue weighted by molar-refractivity contribution is -0.107. The van der Waals surface area contributed by atoms with Gasteiger partial charge in [-0.1, -0.05) is 67.1 Å². The van der Waals surface area contributed by atoms with Gasteiger partial charge in [-0.3, -0.25) is 0 Å². The van der Waals surface area contributed by atoms with Gasteiger partial charge < -0.3 is 9.47 Å². The maximum Gasteiger partial charge on any atom is 0.210 e. The summed E-state index contributed by atoms with van der Waals surface area (Å²) in [7, 11) is 3.40. The number of allylic oxidation sites excluding steroid dienone is 2. The lowest BCUT2D eigenvalue weighted by atomic mass is 10.1. The van der Waals surface area contributed by atoms with Gasteiger partial charge in [0.2, 0.25) is 6.62 Å². The zero-order valence-electron chi connectivity index (χ0n) is 21.1. The van der Waals surface area contributed by atoms with Crippen molar-refractivity contribution in [3.8, 4) is 0 Å². The average molecular weight is 510 g/mol. The normalized spacial score (nSPS) is 12.0. The van der Waals surface area contributed by atoms with Gasteiger partial charge in [-0.15, -0.1) is 0 Å². The molecule has 0 atom stereocenters. The number of hydrogen-bond donors (Lipinski definition) is 0. The minimum Gasteiger partial charge on any atom is -0.356 e. The Hall–Kier alpha value is -1.96. The van der Waals surface area contributed by atoms with Crippen molar-refractivity contribution in [2.45, 2.75) is 57.7 Å². The molecular weight excluding hydrogens is 471 g/mol. The molecule has 2 nitrogen and oxygen atoms in total. The van der Waals surface area contributed by atoms with Crippen LogP contribution in [-0.4, -0.2) is 20.5 Å². The van der Waals surface area contributed by atoms with E-state index in [4.69, 9.17) is 20.7 Å². The standard InChI is InChI=1S/C31H39ClO2P/c1-33-31(34-2)22-16-8-6-4-3-5-7-11-17-27-23-25-30(26-24-27)35(32,28-18-12-9-13-19-28)29-20-14-10-15-21-29/h3,5,9-10,12-15,18-21,23-26,31H,4,6-8,11,16-17,22H2,1-2H3/q+1/b5-3+. The highest BCUT2D eigenvalue weighted by Crippen LogP contribution is 2.60. The molecule has 0 aromatic heterocycles. The zero-order valence-corrected chi connectivity index (χ0v) is 22.8. The van der Waals surface area contributed by atoms with Gasteiger partial charge in [0.25, 0.3) is 0 Å². The van der Waals surface area contributed by atoms with Crippen LogP contribution in [-0.2, 0) is 15.9 Å². The number of unbranched alkanes of at least 4 members (excludes halogenated alkanes) is 4. The Kier molecular flexibility index (Phi) is 12.0. The Labute approximate surface area is 217 Å². The van der Waals surface area contributed by atoms with Gasteiger partial charge in [0.1, 0.15) is 27.2 Å². The molecule has 0 unspecified atom stereocenters. The van der Waals surface area contributed by atoms with Gasteiger partial charge in [0, 0.05) is 14.2 Å². The van der Waals surface area contributed by atoms with Gasteiger partial charge in [0.05, 0.1) is 0 Å². The Bertz CT molecular complexity index is 946. The summed E-state index contributed by atoms with van der Waals surface area (Å²) >= 11 is 7.49. The van der Waals surface area contributed by atoms with E-state index < -0.39 is 6.62 Å². The Morgan fingerprint density at radius 3 is 1.71 bits per heavy atom. The van der Waals surface area contributed by atoms with Crippen molar-refractivity contribution in [3.63, 3.8) is 0 Å². The van der Waals surface area contributed by atoms with Crippen LogP contribution in [0.25, 0.3) is 0 Å². The fraction of sp³-hybridized carbons (Fsp3) is 0.355. The highest BCUT2D eigenvalue weighted by molar-refractivity contribution is 8.14. The largest absolute Gasteiger partial charge is 0.356 e. The van der Waals surface area contributed by atoms with Crippen LogP contribution in [0.4, 0.5) is 0 Å². The van der Waals surface area contributed by atoms with E-state index in [-0.39, 0.29) is 6.29 Å². The molecule has 0 aliphatic rings. The monoisotopic (exact) mass is 509 g/mol. The fourth-order valence-corrected chi connectivity index (χ4v) is 7.96. The molecule has 0 radical (unpaired) electrons. The molecule has 4 heteroatoms. The van der Waals surface area contributed by atoms with Crippen LogP contribution in [0.3, 0.4) is 0 Å². The van der Waals surface area contributed by atoms with Crippen molar-refractivity contribution in [2.75, 3.05) is 14.2 Å². The van der Waals surface area contributed by atoms with Crippen LogP contribution in [0.5, 0.6) is 0 Å². The van der Waals surface area contributed by atoms with Gasteiger partial charge in [-0.05, 0) is 86.9 Å². The predicted molar refractivity (Wildman–Crippen MR) is 154 cm³/mol. The van der Waals surface area contributed by atoms with Crippen LogP contribution in [0.2, 0.25) is 0 Å². The quantitative estimate of drug-likeness (QED) is 0.0909. The lowest BCUT2D eigenvalue weighted by Crippen LogP contribution is -2.27. The predicted octanol–water partition coefficient (Wildman–Crippen LogP) is 7.58. The molecule has 0 amide bonds. The third kappa shape index (κ3) is 8.29. The maximum atomic E-state index is 7.49. The summed E-state index contributed by atoms with van der Waals surface area (Å²) in [5, 5.41) is 3.61. The number of methoxy groups -OCH3 is 2.